The lowest BCUT2D eigenvalue weighted by Crippen LogP contribution is -2.21. The lowest BCUT2D eigenvalue weighted by molar-refractivity contribution is -0.119. The van der Waals surface area contributed by atoms with Crippen LogP contribution in [-0.2, 0) is 16.1 Å². The Morgan fingerprint density at radius 2 is 1.77 bits per heavy atom. The number of anilines is 1. The Hall–Kier alpha value is -3.51. The fourth-order valence-electron chi connectivity index (χ4n) is 2.63. The maximum absolute atomic E-state index is 12.3. The number of benzene rings is 3. The van der Waals surface area contributed by atoms with E-state index in [1.54, 1.807) is 42.5 Å². The highest BCUT2D eigenvalue weighted by molar-refractivity contribution is 6.31. The number of amides is 1. The van der Waals surface area contributed by atoms with Gasteiger partial charge in [-0.25, -0.2) is 4.79 Å². The molecule has 3 aromatic carbocycles. The molecule has 0 spiro atoms. The van der Waals surface area contributed by atoms with Crippen LogP contribution in [0.2, 0.25) is 5.02 Å². The normalized spacial score (nSPS) is 10.2. The molecule has 0 heterocycles. The average molecular weight is 426 g/mol. The largest absolute Gasteiger partial charge is 0.495 e. The molecule has 0 aliphatic heterocycles. The molecule has 30 heavy (non-hydrogen) atoms. The van der Waals surface area contributed by atoms with Crippen molar-refractivity contribution in [3.05, 3.63) is 88.9 Å². The molecule has 0 saturated heterocycles. The van der Waals surface area contributed by atoms with Crippen LogP contribution in [-0.4, -0.2) is 25.6 Å². The van der Waals surface area contributed by atoms with E-state index in [-0.39, 0.29) is 5.56 Å². The first-order valence-electron chi connectivity index (χ1n) is 9.12. The molecule has 0 saturated carbocycles. The minimum atomic E-state index is -0.631. The summed E-state index contributed by atoms with van der Waals surface area (Å²) < 4.78 is 16.0. The number of hydrogen-bond donors (Lipinski definition) is 1. The van der Waals surface area contributed by atoms with Crippen molar-refractivity contribution in [1.29, 1.82) is 0 Å². The molecule has 1 N–H and O–H groups in total. The Kier molecular flexibility index (Phi) is 7.29. The summed E-state index contributed by atoms with van der Waals surface area (Å²) >= 11 is 5.94. The minimum absolute atomic E-state index is 0.286. The van der Waals surface area contributed by atoms with Crippen LogP contribution in [0.4, 0.5) is 5.69 Å². The van der Waals surface area contributed by atoms with Crippen molar-refractivity contribution >= 4 is 29.2 Å². The van der Waals surface area contributed by atoms with Gasteiger partial charge in [0.1, 0.15) is 18.1 Å². The molecule has 0 aliphatic rings. The van der Waals surface area contributed by atoms with Crippen LogP contribution in [0.3, 0.4) is 0 Å². The summed E-state index contributed by atoms with van der Waals surface area (Å²) in [5.74, 6) is -0.169. The highest BCUT2D eigenvalue weighted by atomic mass is 35.5. The number of methoxy groups -OCH3 is 1. The summed E-state index contributed by atoms with van der Waals surface area (Å²) in [5.41, 5.74) is 1.69. The van der Waals surface area contributed by atoms with Gasteiger partial charge < -0.3 is 19.5 Å². The van der Waals surface area contributed by atoms with Crippen molar-refractivity contribution in [2.75, 3.05) is 19.0 Å². The standard InChI is InChI=1S/C23H20ClNO5/c1-28-21-11-10-18(24)13-20(21)25-22(26)15-30-23(27)17-8-5-9-19(12-17)29-14-16-6-3-2-4-7-16/h2-13H,14-15H2,1H3,(H,25,26). The van der Waals surface area contributed by atoms with E-state index < -0.39 is 18.5 Å². The molecular formula is C23H20ClNO5. The van der Waals surface area contributed by atoms with Crippen LogP contribution >= 0.6 is 11.6 Å². The number of esters is 1. The maximum atomic E-state index is 12.3. The van der Waals surface area contributed by atoms with Crippen LogP contribution in [0.1, 0.15) is 15.9 Å². The van der Waals surface area contributed by atoms with Crippen LogP contribution in [0.25, 0.3) is 0 Å². The summed E-state index contributed by atoms with van der Waals surface area (Å²) in [6.07, 6.45) is 0. The Morgan fingerprint density at radius 1 is 0.967 bits per heavy atom. The lowest BCUT2D eigenvalue weighted by atomic mass is 10.2. The van der Waals surface area contributed by atoms with Gasteiger partial charge in [-0.05, 0) is 42.0 Å². The van der Waals surface area contributed by atoms with E-state index in [4.69, 9.17) is 25.8 Å². The van der Waals surface area contributed by atoms with Crippen molar-refractivity contribution in [3.63, 3.8) is 0 Å². The molecule has 0 aliphatic carbocycles. The van der Waals surface area contributed by atoms with E-state index >= 15 is 0 Å². The number of nitrogens with one attached hydrogen (secondary N) is 1. The number of rotatable bonds is 8. The average Bonchev–Trinajstić information content (AvgIpc) is 2.77. The zero-order valence-electron chi connectivity index (χ0n) is 16.3. The molecule has 3 rings (SSSR count). The molecule has 1 amide bonds. The van der Waals surface area contributed by atoms with Gasteiger partial charge in [0.2, 0.25) is 0 Å². The molecule has 0 bridgehead atoms. The summed E-state index contributed by atoms with van der Waals surface area (Å²) in [5, 5.41) is 3.05. The Labute approximate surface area is 179 Å². The molecule has 154 valence electrons. The first-order valence-corrected chi connectivity index (χ1v) is 9.50. The van der Waals surface area contributed by atoms with Gasteiger partial charge in [0, 0.05) is 5.02 Å². The van der Waals surface area contributed by atoms with Gasteiger partial charge >= 0.3 is 5.97 Å². The van der Waals surface area contributed by atoms with Crippen molar-refractivity contribution in [1.82, 2.24) is 0 Å². The number of halogens is 1. The zero-order chi connectivity index (χ0) is 21.3. The van der Waals surface area contributed by atoms with Gasteiger partial charge in [-0.2, -0.15) is 0 Å². The first-order chi connectivity index (χ1) is 14.5. The van der Waals surface area contributed by atoms with Crippen molar-refractivity contribution in [2.24, 2.45) is 0 Å². The second kappa shape index (κ2) is 10.3. The van der Waals surface area contributed by atoms with Crippen molar-refractivity contribution in [2.45, 2.75) is 6.61 Å². The smallest absolute Gasteiger partial charge is 0.338 e. The zero-order valence-corrected chi connectivity index (χ0v) is 17.0. The SMILES string of the molecule is COc1ccc(Cl)cc1NC(=O)COC(=O)c1cccc(OCc2ccccc2)c1. The summed E-state index contributed by atoms with van der Waals surface area (Å²) in [4.78, 5) is 24.4. The molecule has 6 nitrogen and oxygen atoms in total. The summed E-state index contributed by atoms with van der Waals surface area (Å²) in [6.45, 7) is -0.0766. The molecule has 7 heteroatoms. The Bertz CT molecular complexity index is 1020. The number of carbonyl (C=O) groups excluding carboxylic acids is 2. The first kappa shape index (κ1) is 21.2. The third kappa shape index (κ3) is 5.99. The second-order valence-electron chi connectivity index (χ2n) is 6.27. The van der Waals surface area contributed by atoms with Crippen molar-refractivity contribution < 1.29 is 23.8 Å². The van der Waals surface area contributed by atoms with Gasteiger partial charge in [0.25, 0.3) is 5.91 Å². The quantitative estimate of drug-likeness (QED) is 0.528. The van der Waals surface area contributed by atoms with E-state index in [9.17, 15) is 9.59 Å². The molecular weight excluding hydrogens is 406 g/mol. The van der Waals surface area contributed by atoms with Crippen LogP contribution < -0.4 is 14.8 Å². The molecule has 0 unspecified atom stereocenters. The monoisotopic (exact) mass is 425 g/mol. The molecule has 0 fully saturated rings. The summed E-state index contributed by atoms with van der Waals surface area (Å²) in [7, 11) is 1.48. The Balaban J connectivity index is 1.54. The third-order valence-corrected chi connectivity index (χ3v) is 4.32. The van der Waals surface area contributed by atoms with Gasteiger partial charge in [-0.15, -0.1) is 0 Å². The van der Waals surface area contributed by atoms with Gasteiger partial charge in [0.05, 0.1) is 18.4 Å². The van der Waals surface area contributed by atoms with E-state index in [0.717, 1.165) is 5.56 Å². The number of hydrogen-bond acceptors (Lipinski definition) is 5. The number of carbonyl (C=O) groups is 2. The topological polar surface area (TPSA) is 73.9 Å². The maximum Gasteiger partial charge on any atom is 0.338 e. The fourth-order valence-corrected chi connectivity index (χ4v) is 2.80. The van der Waals surface area contributed by atoms with Crippen LogP contribution in [0.5, 0.6) is 11.5 Å². The van der Waals surface area contributed by atoms with Crippen LogP contribution in [0, 0.1) is 0 Å². The highest BCUT2D eigenvalue weighted by Crippen LogP contribution is 2.27. The molecule has 3 aromatic rings. The molecule has 0 atom stereocenters. The van der Waals surface area contributed by atoms with E-state index in [2.05, 4.69) is 5.32 Å². The highest BCUT2D eigenvalue weighted by Gasteiger charge is 2.13. The van der Waals surface area contributed by atoms with E-state index in [0.29, 0.717) is 28.8 Å². The van der Waals surface area contributed by atoms with Gasteiger partial charge in [-0.3, -0.25) is 4.79 Å². The van der Waals surface area contributed by atoms with Gasteiger partial charge in [-0.1, -0.05) is 48.0 Å². The van der Waals surface area contributed by atoms with Gasteiger partial charge in [0.15, 0.2) is 6.61 Å². The molecule has 0 aromatic heterocycles. The fraction of sp³-hybridized carbons (Fsp3) is 0.130. The summed E-state index contributed by atoms with van der Waals surface area (Å²) in [6, 6.07) is 21.1. The Morgan fingerprint density at radius 3 is 2.53 bits per heavy atom. The predicted molar refractivity (Wildman–Crippen MR) is 114 cm³/mol. The number of ether oxygens (including phenoxy) is 3. The van der Waals surface area contributed by atoms with E-state index in [1.165, 1.54) is 7.11 Å². The molecule has 0 radical (unpaired) electrons. The van der Waals surface area contributed by atoms with E-state index in [1.807, 2.05) is 30.3 Å². The third-order valence-electron chi connectivity index (χ3n) is 4.09. The van der Waals surface area contributed by atoms with Crippen molar-refractivity contribution in [3.8, 4) is 11.5 Å². The predicted octanol–water partition coefficient (Wildman–Crippen LogP) is 4.72. The minimum Gasteiger partial charge on any atom is -0.495 e. The lowest BCUT2D eigenvalue weighted by Gasteiger charge is -2.11. The second-order valence-corrected chi connectivity index (χ2v) is 6.71. The van der Waals surface area contributed by atoms with Crippen LogP contribution in [0.15, 0.2) is 72.8 Å².